The Morgan fingerprint density at radius 1 is 1.29 bits per heavy atom. The first kappa shape index (κ1) is 10.5. The van der Waals surface area contributed by atoms with Crippen LogP contribution in [-0.4, -0.2) is 35.0 Å². The van der Waals surface area contributed by atoms with Crippen LogP contribution in [0.3, 0.4) is 0 Å². The number of carbonyl (C=O) groups is 1. The molecule has 5 heteroatoms. The molecule has 0 bridgehead atoms. The van der Waals surface area contributed by atoms with Crippen LogP contribution in [0.15, 0.2) is 12.4 Å². The van der Waals surface area contributed by atoms with Gasteiger partial charge in [-0.25, -0.2) is 9.97 Å². The molecule has 1 aliphatic heterocycles. The molecule has 1 amide bonds. The van der Waals surface area contributed by atoms with Gasteiger partial charge in [0.1, 0.15) is 17.8 Å². The summed E-state index contributed by atoms with van der Waals surface area (Å²) in [5, 5.41) is 2.94. The van der Waals surface area contributed by atoms with Gasteiger partial charge in [-0.3, -0.25) is 4.79 Å². The zero-order chi connectivity index (χ0) is 11.7. The van der Waals surface area contributed by atoms with Crippen molar-refractivity contribution in [3.63, 3.8) is 0 Å². The van der Waals surface area contributed by atoms with Crippen molar-refractivity contribution in [3.05, 3.63) is 18.1 Å². The average molecular weight is 232 g/mol. The Labute approximate surface area is 100 Å². The van der Waals surface area contributed by atoms with Gasteiger partial charge < -0.3 is 10.2 Å². The first-order valence-corrected chi connectivity index (χ1v) is 6.21. The van der Waals surface area contributed by atoms with E-state index in [0.29, 0.717) is 11.7 Å². The molecule has 0 radical (unpaired) electrons. The zero-order valence-electron chi connectivity index (χ0n) is 9.72. The molecule has 0 spiro atoms. The molecule has 3 rings (SSSR count). The third-order valence-electron chi connectivity index (χ3n) is 3.23. The predicted octanol–water partition coefficient (Wildman–Crippen LogP) is 0.969. The van der Waals surface area contributed by atoms with Crippen LogP contribution in [0, 0.1) is 0 Å². The Kier molecular flexibility index (Phi) is 2.66. The molecule has 1 N–H and O–H groups in total. The highest BCUT2D eigenvalue weighted by Crippen LogP contribution is 2.20. The number of nitrogens with zero attached hydrogens (tertiary/aromatic N) is 3. The summed E-state index contributed by atoms with van der Waals surface area (Å²) in [5.74, 6) is 0.800. The second kappa shape index (κ2) is 4.31. The van der Waals surface area contributed by atoms with Crippen LogP contribution in [0.25, 0.3) is 0 Å². The van der Waals surface area contributed by atoms with Crippen molar-refractivity contribution in [2.45, 2.75) is 31.7 Å². The van der Waals surface area contributed by atoms with E-state index in [1.165, 1.54) is 19.2 Å². The lowest BCUT2D eigenvalue weighted by Crippen LogP contribution is -2.27. The highest BCUT2D eigenvalue weighted by molar-refractivity contribution is 5.93. The first-order valence-electron chi connectivity index (χ1n) is 6.21. The van der Waals surface area contributed by atoms with Crippen LogP contribution in [0.1, 0.15) is 36.2 Å². The zero-order valence-corrected chi connectivity index (χ0v) is 9.72. The van der Waals surface area contributed by atoms with Crippen molar-refractivity contribution in [2.75, 3.05) is 18.0 Å². The molecule has 2 aliphatic rings. The molecule has 1 aromatic heterocycles. The summed E-state index contributed by atoms with van der Waals surface area (Å²) in [6, 6.07) is 2.16. The maximum atomic E-state index is 11.8. The molecule has 2 heterocycles. The van der Waals surface area contributed by atoms with Gasteiger partial charge in [-0.2, -0.15) is 0 Å². The number of hydrogen-bond acceptors (Lipinski definition) is 4. The van der Waals surface area contributed by atoms with E-state index < -0.39 is 0 Å². The predicted molar refractivity (Wildman–Crippen MR) is 64.0 cm³/mol. The second-order valence-corrected chi connectivity index (χ2v) is 4.70. The fourth-order valence-corrected chi connectivity index (χ4v) is 2.08. The topological polar surface area (TPSA) is 58.1 Å². The van der Waals surface area contributed by atoms with Gasteiger partial charge in [-0.1, -0.05) is 0 Å². The summed E-state index contributed by atoms with van der Waals surface area (Å²) in [5.41, 5.74) is 0.480. The SMILES string of the molecule is O=C(NC1CC1)c1cc(N2CCCC2)ncn1. The normalized spacial score (nSPS) is 19.4. The van der Waals surface area contributed by atoms with E-state index >= 15 is 0 Å². The molecule has 1 aliphatic carbocycles. The van der Waals surface area contributed by atoms with Crippen LogP contribution in [0.5, 0.6) is 0 Å². The third kappa shape index (κ3) is 2.38. The molecular formula is C12H16N4O. The molecule has 90 valence electrons. The Balaban J connectivity index is 1.75. The fraction of sp³-hybridized carbons (Fsp3) is 0.583. The lowest BCUT2D eigenvalue weighted by atomic mass is 10.3. The second-order valence-electron chi connectivity index (χ2n) is 4.70. The molecular weight excluding hydrogens is 216 g/mol. The Hall–Kier alpha value is -1.65. The van der Waals surface area contributed by atoms with Gasteiger partial charge >= 0.3 is 0 Å². The molecule has 5 nitrogen and oxygen atoms in total. The minimum atomic E-state index is -0.0738. The Bertz CT molecular complexity index is 424. The van der Waals surface area contributed by atoms with Crippen molar-refractivity contribution in [1.82, 2.24) is 15.3 Å². The van der Waals surface area contributed by atoms with E-state index in [0.717, 1.165) is 31.7 Å². The smallest absolute Gasteiger partial charge is 0.270 e. The Morgan fingerprint density at radius 3 is 2.76 bits per heavy atom. The molecule has 0 atom stereocenters. The number of carbonyl (C=O) groups excluding carboxylic acids is 1. The number of rotatable bonds is 3. The molecule has 1 saturated heterocycles. The quantitative estimate of drug-likeness (QED) is 0.843. The van der Waals surface area contributed by atoms with Crippen LogP contribution in [-0.2, 0) is 0 Å². The van der Waals surface area contributed by atoms with Crippen molar-refractivity contribution >= 4 is 11.7 Å². The van der Waals surface area contributed by atoms with Crippen LogP contribution in [0.4, 0.5) is 5.82 Å². The largest absolute Gasteiger partial charge is 0.357 e. The van der Waals surface area contributed by atoms with Crippen LogP contribution < -0.4 is 10.2 Å². The molecule has 0 aromatic carbocycles. The van der Waals surface area contributed by atoms with E-state index in [-0.39, 0.29) is 5.91 Å². The lowest BCUT2D eigenvalue weighted by molar-refractivity contribution is 0.0946. The monoisotopic (exact) mass is 232 g/mol. The number of hydrogen-bond donors (Lipinski definition) is 1. The van der Waals surface area contributed by atoms with Gasteiger partial charge in [0.15, 0.2) is 0 Å². The maximum Gasteiger partial charge on any atom is 0.270 e. The van der Waals surface area contributed by atoms with E-state index in [2.05, 4.69) is 20.2 Å². The third-order valence-corrected chi connectivity index (χ3v) is 3.23. The van der Waals surface area contributed by atoms with Crippen molar-refractivity contribution in [2.24, 2.45) is 0 Å². The molecule has 1 aromatic rings. The summed E-state index contributed by atoms with van der Waals surface area (Å²) in [6.07, 6.45) is 6.07. The summed E-state index contributed by atoms with van der Waals surface area (Å²) in [6.45, 7) is 2.06. The number of aromatic nitrogens is 2. The average Bonchev–Trinajstić information content (AvgIpc) is 3.00. The lowest BCUT2D eigenvalue weighted by Gasteiger charge is -2.16. The highest BCUT2D eigenvalue weighted by atomic mass is 16.2. The van der Waals surface area contributed by atoms with Gasteiger partial charge in [0.25, 0.3) is 5.91 Å². The van der Waals surface area contributed by atoms with Gasteiger partial charge in [-0.05, 0) is 25.7 Å². The van der Waals surface area contributed by atoms with Crippen molar-refractivity contribution < 1.29 is 4.79 Å². The maximum absolute atomic E-state index is 11.8. The van der Waals surface area contributed by atoms with Gasteiger partial charge in [0.2, 0.25) is 0 Å². The van der Waals surface area contributed by atoms with Gasteiger partial charge in [0, 0.05) is 25.2 Å². The van der Waals surface area contributed by atoms with E-state index in [1.54, 1.807) is 6.07 Å². The minimum Gasteiger partial charge on any atom is -0.357 e. The van der Waals surface area contributed by atoms with E-state index in [4.69, 9.17) is 0 Å². The molecule has 0 unspecified atom stereocenters. The summed E-state index contributed by atoms with van der Waals surface area (Å²) >= 11 is 0. The molecule has 2 fully saturated rings. The fourth-order valence-electron chi connectivity index (χ4n) is 2.08. The minimum absolute atomic E-state index is 0.0738. The number of anilines is 1. The van der Waals surface area contributed by atoms with E-state index in [9.17, 15) is 4.79 Å². The van der Waals surface area contributed by atoms with Crippen molar-refractivity contribution in [1.29, 1.82) is 0 Å². The summed E-state index contributed by atoms with van der Waals surface area (Å²) < 4.78 is 0. The first-order chi connectivity index (χ1) is 8.33. The number of amides is 1. The van der Waals surface area contributed by atoms with E-state index in [1.807, 2.05) is 0 Å². The summed E-state index contributed by atoms with van der Waals surface area (Å²) in [4.78, 5) is 22.3. The van der Waals surface area contributed by atoms with Crippen LogP contribution >= 0.6 is 0 Å². The molecule has 17 heavy (non-hydrogen) atoms. The van der Waals surface area contributed by atoms with Gasteiger partial charge in [-0.15, -0.1) is 0 Å². The molecule has 1 saturated carbocycles. The standard InChI is InChI=1S/C12H16N4O/c17-12(15-9-3-4-9)10-7-11(14-8-13-10)16-5-1-2-6-16/h7-9H,1-6H2,(H,15,17). The van der Waals surface area contributed by atoms with Gasteiger partial charge in [0.05, 0.1) is 0 Å². The number of nitrogens with one attached hydrogen (secondary N) is 1. The Morgan fingerprint density at radius 2 is 2.06 bits per heavy atom. The highest BCUT2D eigenvalue weighted by Gasteiger charge is 2.24. The van der Waals surface area contributed by atoms with Crippen molar-refractivity contribution in [3.8, 4) is 0 Å². The summed E-state index contributed by atoms with van der Waals surface area (Å²) in [7, 11) is 0. The van der Waals surface area contributed by atoms with Crippen LogP contribution in [0.2, 0.25) is 0 Å².